The summed E-state index contributed by atoms with van der Waals surface area (Å²) in [6, 6.07) is 10.1. The maximum atomic E-state index is 12.8. The predicted octanol–water partition coefficient (Wildman–Crippen LogP) is 2.53. The Morgan fingerprint density at radius 1 is 1.32 bits per heavy atom. The third kappa shape index (κ3) is 3.49. The summed E-state index contributed by atoms with van der Waals surface area (Å²) in [6.07, 6.45) is 2.19. The van der Waals surface area contributed by atoms with E-state index in [1.54, 1.807) is 18.2 Å². The smallest absolute Gasteiger partial charge is 0.166 e. The van der Waals surface area contributed by atoms with Gasteiger partial charge in [-0.2, -0.15) is 10.4 Å². The maximum absolute atomic E-state index is 12.8. The van der Waals surface area contributed by atoms with E-state index in [2.05, 4.69) is 21.6 Å². The molecule has 0 spiro atoms. The largest absolute Gasteiger partial charge is 0.365 e. The van der Waals surface area contributed by atoms with Crippen molar-refractivity contribution in [3.63, 3.8) is 0 Å². The van der Waals surface area contributed by atoms with Gasteiger partial charge in [-0.1, -0.05) is 12.1 Å². The van der Waals surface area contributed by atoms with Crippen molar-refractivity contribution in [3.8, 4) is 6.07 Å². The molecule has 5 heteroatoms. The molecule has 0 aliphatic carbocycles. The van der Waals surface area contributed by atoms with Crippen molar-refractivity contribution in [1.82, 2.24) is 10.2 Å². The Morgan fingerprint density at radius 2 is 2.05 bits per heavy atom. The normalized spacial score (nSPS) is 11.6. The molecule has 2 aromatic rings. The van der Waals surface area contributed by atoms with Gasteiger partial charge >= 0.3 is 0 Å². The summed E-state index contributed by atoms with van der Waals surface area (Å²) in [5.74, 6) is 0.227. The highest BCUT2D eigenvalue weighted by Gasteiger charge is 2.08. The second-order valence-electron chi connectivity index (χ2n) is 4.28. The van der Waals surface area contributed by atoms with Crippen molar-refractivity contribution in [1.29, 1.82) is 5.26 Å². The van der Waals surface area contributed by atoms with Crippen LogP contribution in [0.3, 0.4) is 0 Å². The minimum atomic E-state index is -0.245. The van der Waals surface area contributed by atoms with Crippen LogP contribution in [0.25, 0.3) is 0 Å². The molecular formula is C14H13FN4. The average molecular weight is 256 g/mol. The fraction of sp³-hybridized carbons (Fsp3) is 0.214. The number of nitrogens with one attached hydrogen (secondary N) is 1. The molecule has 1 unspecified atom stereocenters. The Bertz CT molecular complexity index is 589. The molecule has 1 N–H and O–H groups in total. The number of rotatable bonds is 4. The Labute approximate surface area is 110 Å². The van der Waals surface area contributed by atoms with E-state index in [1.807, 2.05) is 6.92 Å². The van der Waals surface area contributed by atoms with Gasteiger partial charge in [0, 0.05) is 6.04 Å². The Balaban J connectivity index is 2.03. The molecule has 19 heavy (non-hydrogen) atoms. The highest BCUT2D eigenvalue weighted by Crippen LogP contribution is 2.12. The lowest BCUT2D eigenvalue weighted by atomic mass is 10.1. The van der Waals surface area contributed by atoms with E-state index in [1.165, 1.54) is 18.3 Å². The van der Waals surface area contributed by atoms with Crippen LogP contribution in [0.2, 0.25) is 0 Å². The Hall–Kier alpha value is -2.48. The maximum Gasteiger partial charge on any atom is 0.166 e. The van der Waals surface area contributed by atoms with Crippen molar-refractivity contribution in [2.24, 2.45) is 0 Å². The molecule has 1 heterocycles. The van der Waals surface area contributed by atoms with Gasteiger partial charge in [-0.3, -0.25) is 0 Å². The molecule has 0 saturated carbocycles. The van der Waals surface area contributed by atoms with E-state index in [0.717, 1.165) is 5.56 Å². The van der Waals surface area contributed by atoms with Crippen LogP contribution in [-0.4, -0.2) is 16.2 Å². The zero-order valence-corrected chi connectivity index (χ0v) is 10.5. The summed E-state index contributed by atoms with van der Waals surface area (Å²) in [4.78, 5) is 0. The zero-order chi connectivity index (χ0) is 13.7. The van der Waals surface area contributed by atoms with E-state index < -0.39 is 0 Å². The van der Waals surface area contributed by atoms with Crippen LogP contribution >= 0.6 is 0 Å². The molecule has 0 radical (unpaired) electrons. The van der Waals surface area contributed by atoms with Gasteiger partial charge < -0.3 is 5.32 Å². The third-order valence-corrected chi connectivity index (χ3v) is 2.68. The van der Waals surface area contributed by atoms with Crippen molar-refractivity contribution in [3.05, 3.63) is 53.5 Å². The lowest BCUT2D eigenvalue weighted by molar-refractivity contribution is 0.626. The fourth-order valence-corrected chi connectivity index (χ4v) is 1.79. The molecule has 0 aliphatic heterocycles. The first kappa shape index (κ1) is 13.0. The second-order valence-corrected chi connectivity index (χ2v) is 4.28. The van der Waals surface area contributed by atoms with Crippen LogP contribution in [0.15, 0.2) is 36.5 Å². The molecule has 1 atom stereocenters. The number of nitriles is 1. The van der Waals surface area contributed by atoms with Crippen LogP contribution in [0, 0.1) is 17.1 Å². The summed E-state index contributed by atoms with van der Waals surface area (Å²) in [5, 5.41) is 19.7. The number of anilines is 1. The fourth-order valence-electron chi connectivity index (χ4n) is 1.79. The first-order chi connectivity index (χ1) is 9.19. The summed E-state index contributed by atoms with van der Waals surface area (Å²) in [7, 11) is 0. The highest BCUT2D eigenvalue weighted by molar-refractivity contribution is 5.50. The number of hydrogen-bond donors (Lipinski definition) is 1. The van der Waals surface area contributed by atoms with Crippen molar-refractivity contribution in [2.45, 2.75) is 19.4 Å². The monoisotopic (exact) mass is 256 g/mol. The molecule has 2 rings (SSSR count). The minimum Gasteiger partial charge on any atom is -0.365 e. The summed E-state index contributed by atoms with van der Waals surface area (Å²) in [6.45, 7) is 1.97. The quantitative estimate of drug-likeness (QED) is 0.913. The molecule has 0 bridgehead atoms. The van der Waals surface area contributed by atoms with Gasteiger partial charge in [-0.15, -0.1) is 5.10 Å². The van der Waals surface area contributed by atoms with E-state index in [-0.39, 0.29) is 11.9 Å². The second kappa shape index (κ2) is 5.91. The molecule has 0 amide bonds. The first-order valence-electron chi connectivity index (χ1n) is 5.92. The number of hydrogen-bond acceptors (Lipinski definition) is 4. The SMILES string of the molecule is CC(Cc1ccc(F)cc1)Nc1nnccc1C#N. The van der Waals surface area contributed by atoms with E-state index in [0.29, 0.717) is 17.8 Å². The van der Waals surface area contributed by atoms with Gasteiger partial charge in [0.1, 0.15) is 11.9 Å². The molecule has 0 saturated heterocycles. The number of halogens is 1. The number of benzene rings is 1. The molecule has 4 nitrogen and oxygen atoms in total. The van der Waals surface area contributed by atoms with Gasteiger partial charge in [-0.25, -0.2) is 4.39 Å². The van der Waals surface area contributed by atoms with Crippen molar-refractivity contribution >= 4 is 5.82 Å². The van der Waals surface area contributed by atoms with E-state index in [4.69, 9.17) is 5.26 Å². The van der Waals surface area contributed by atoms with Crippen molar-refractivity contribution < 1.29 is 4.39 Å². The van der Waals surface area contributed by atoms with Crippen LogP contribution in [-0.2, 0) is 6.42 Å². The van der Waals surface area contributed by atoms with Gasteiger partial charge in [-0.05, 0) is 37.1 Å². The molecular weight excluding hydrogens is 243 g/mol. The van der Waals surface area contributed by atoms with Gasteiger partial charge in [0.2, 0.25) is 0 Å². The first-order valence-corrected chi connectivity index (χ1v) is 5.92. The van der Waals surface area contributed by atoms with Gasteiger partial charge in [0.25, 0.3) is 0 Å². The van der Waals surface area contributed by atoms with E-state index >= 15 is 0 Å². The van der Waals surface area contributed by atoms with Gasteiger partial charge in [0.05, 0.1) is 11.8 Å². The molecule has 96 valence electrons. The average Bonchev–Trinajstić information content (AvgIpc) is 2.42. The molecule has 1 aromatic heterocycles. The van der Waals surface area contributed by atoms with Crippen LogP contribution in [0.4, 0.5) is 10.2 Å². The van der Waals surface area contributed by atoms with Crippen LogP contribution < -0.4 is 5.32 Å². The van der Waals surface area contributed by atoms with Crippen LogP contribution in [0.5, 0.6) is 0 Å². The Kier molecular flexibility index (Phi) is 4.04. The van der Waals surface area contributed by atoms with Crippen molar-refractivity contribution in [2.75, 3.05) is 5.32 Å². The summed E-state index contributed by atoms with van der Waals surface area (Å²) >= 11 is 0. The van der Waals surface area contributed by atoms with E-state index in [9.17, 15) is 4.39 Å². The standard InChI is InChI=1S/C14H13FN4/c1-10(8-11-2-4-13(15)5-3-11)18-14-12(9-16)6-7-17-19-14/h2-7,10H,8H2,1H3,(H,18,19). The van der Waals surface area contributed by atoms with Gasteiger partial charge in [0.15, 0.2) is 5.82 Å². The summed E-state index contributed by atoms with van der Waals surface area (Å²) < 4.78 is 12.8. The topological polar surface area (TPSA) is 61.6 Å². The lowest BCUT2D eigenvalue weighted by Crippen LogP contribution is -2.19. The molecule has 0 aliphatic rings. The molecule has 1 aromatic carbocycles. The minimum absolute atomic E-state index is 0.0641. The number of nitrogens with zero attached hydrogens (tertiary/aromatic N) is 3. The summed E-state index contributed by atoms with van der Waals surface area (Å²) in [5.41, 5.74) is 1.48. The number of aromatic nitrogens is 2. The third-order valence-electron chi connectivity index (χ3n) is 2.68. The zero-order valence-electron chi connectivity index (χ0n) is 10.5. The lowest BCUT2D eigenvalue weighted by Gasteiger charge is -2.14. The molecule has 0 fully saturated rings. The highest BCUT2D eigenvalue weighted by atomic mass is 19.1. The predicted molar refractivity (Wildman–Crippen MR) is 69.9 cm³/mol. The Morgan fingerprint density at radius 3 is 2.74 bits per heavy atom. The van der Waals surface area contributed by atoms with Crippen LogP contribution in [0.1, 0.15) is 18.1 Å².